The Labute approximate surface area is 111 Å². The summed E-state index contributed by atoms with van der Waals surface area (Å²) in [6.07, 6.45) is 1.50. The SMILES string of the molecule is CC(C)(C)c1cc(C(=O)Nc2ccc(N)nc2)n[nH]1. The van der Waals surface area contributed by atoms with Gasteiger partial charge in [0.05, 0.1) is 11.9 Å². The second-order valence-corrected chi connectivity index (χ2v) is 5.34. The first-order valence-electron chi connectivity index (χ1n) is 5.95. The van der Waals surface area contributed by atoms with Crippen LogP contribution in [-0.4, -0.2) is 21.1 Å². The van der Waals surface area contributed by atoms with Crippen LogP contribution in [0.15, 0.2) is 24.4 Å². The van der Waals surface area contributed by atoms with Gasteiger partial charge in [0.1, 0.15) is 5.82 Å². The van der Waals surface area contributed by atoms with Crippen LogP contribution in [-0.2, 0) is 5.41 Å². The van der Waals surface area contributed by atoms with E-state index >= 15 is 0 Å². The van der Waals surface area contributed by atoms with E-state index in [1.807, 2.05) is 20.8 Å². The van der Waals surface area contributed by atoms with Gasteiger partial charge in [0.25, 0.3) is 5.91 Å². The van der Waals surface area contributed by atoms with Crippen LogP contribution in [0, 0.1) is 0 Å². The summed E-state index contributed by atoms with van der Waals surface area (Å²) in [6, 6.07) is 5.07. The number of hydrogen-bond acceptors (Lipinski definition) is 4. The first kappa shape index (κ1) is 13.1. The number of aromatic nitrogens is 3. The molecule has 2 aromatic rings. The quantitative estimate of drug-likeness (QED) is 0.767. The summed E-state index contributed by atoms with van der Waals surface area (Å²) < 4.78 is 0. The van der Waals surface area contributed by atoms with Gasteiger partial charge in [-0.05, 0) is 18.2 Å². The number of nitrogens with two attached hydrogens (primary N) is 1. The van der Waals surface area contributed by atoms with Gasteiger partial charge in [-0.1, -0.05) is 20.8 Å². The van der Waals surface area contributed by atoms with Crippen molar-refractivity contribution in [1.29, 1.82) is 0 Å². The number of aromatic amines is 1. The second-order valence-electron chi connectivity index (χ2n) is 5.34. The van der Waals surface area contributed by atoms with Gasteiger partial charge in [-0.25, -0.2) is 4.98 Å². The summed E-state index contributed by atoms with van der Waals surface area (Å²) in [5.41, 5.74) is 7.25. The number of anilines is 2. The van der Waals surface area contributed by atoms with Crippen molar-refractivity contribution in [3.05, 3.63) is 35.8 Å². The van der Waals surface area contributed by atoms with Crippen molar-refractivity contribution >= 4 is 17.4 Å². The van der Waals surface area contributed by atoms with Crippen LogP contribution < -0.4 is 11.1 Å². The molecule has 1 amide bonds. The molecule has 0 saturated heterocycles. The van der Waals surface area contributed by atoms with Gasteiger partial charge in [-0.2, -0.15) is 5.10 Å². The number of nitrogens with zero attached hydrogens (tertiary/aromatic N) is 2. The maximum Gasteiger partial charge on any atom is 0.276 e. The number of hydrogen-bond donors (Lipinski definition) is 3. The van der Waals surface area contributed by atoms with Crippen LogP contribution in [0.4, 0.5) is 11.5 Å². The number of carbonyl (C=O) groups excluding carboxylic acids is 1. The molecule has 6 heteroatoms. The van der Waals surface area contributed by atoms with E-state index in [-0.39, 0.29) is 11.3 Å². The Morgan fingerprint density at radius 1 is 1.37 bits per heavy atom. The number of rotatable bonds is 2. The van der Waals surface area contributed by atoms with Gasteiger partial charge in [-0.15, -0.1) is 0 Å². The Bertz CT molecular complexity index is 580. The number of nitrogens with one attached hydrogen (secondary N) is 2. The third-order valence-corrected chi connectivity index (χ3v) is 2.66. The van der Waals surface area contributed by atoms with Crippen molar-refractivity contribution in [2.24, 2.45) is 0 Å². The molecule has 19 heavy (non-hydrogen) atoms. The number of pyridine rings is 1. The summed E-state index contributed by atoms with van der Waals surface area (Å²) in [7, 11) is 0. The molecule has 0 aliphatic rings. The summed E-state index contributed by atoms with van der Waals surface area (Å²) in [5.74, 6) is 0.131. The highest BCUT2D eigenvalue weighted by molar-refractivity contribution is 6.02. The van der Waals surface area contributed by atoms with Crippen LogP contribution in [0.5, 0.6) is 0 Å². The fourth-order valence-corrected chi connectivity index (χ4v) is 1.50. The Kier molecular flexibility index (Phi) is 3.25. The van der Waals surface area contributed by atoms with Gasteiger partial charge < -0.3 is 11.1 Å². The van der Waals surface area contributed by atoms with Gasteiger partial charge in [0.2, 0.25) is 0 Å². The van der Waals surface area contributed by atoms with E-state index in [0.29, 0.717) is 17.2 Å². The lowest BCUT2D eigenvalue weighted by Gasteiger charge is -2.14. The minimum atomic E-state index is -0.279. The van der Waals surface area contributed by atoms with Crippen molar-refractivity contribution < 1.29 is 4.79 Å². The number of H-pyrrole nitrogens is 1. The highest BCUT2D eigenvalue weighted by atomic mass is 16.1. The van der Waals surface area contributed by atoms with Crippen molar-refractivity contribution in [3.8, 4) is 0 Å². The zero-order chi connectivity index (χ0) is 14.0. The third-order valence-electron chi connectivity index (χ3n) is 2.66. The number of carbonyl (C=O) groups is 1. The molecular weight excluding hydrogens is 242 g/mol. The summed E-state index contributed by atoms with van der Waals surface area (Å²) in [6.45, 7) is 6.14. The van der Waals surface area contributed by atoms with Crippen molar-refractivity contribution in [1.82, 2.24) is 15.2 Å². The van der Waals surface area contributed by atoms with E-state index in [1.165, 1.54) is 6.20 Å². The fourth-order valence-electron chi connectivity index (χ4n) is 1.50. The molecule has 2 rings (SSSR count). The average molecular weight is 259 g/mol. The van der Waals surface area contributed by atoms with Gasteiger partial charge in [0, 0.05) is 11.1 Å². The minimum absolute atomic E-state index is 0.0751. The molecule has 6 nitrogen and oxygen atoms in total. The molecule has 4 N–H and O–H groups in total. The summed E-state index contributed by atoms with van der Waals surface area (Å²) in [4.78, 5) is 15.9. The Balaban J connectivity index is 2.12. The van der Waals surface area contributed by atoms with Crippen molar-refractivity contribution in [2.75, 3.05) is 11.1 Å². The van der Waals surface area contributed by atoms with Crippen molar-refractivity contribution in [3.63, 3.8) is 0 Å². The maximum absolute atomic E-state index is 12.0. The lowest BCUT2D eigenvalue weighted by Crippen LogP contribution is -2.13. The monoisotopic (exact) mass is 259 g/mol. The molecule has 0 atom stereocenters. The van der Waals surface area contributed by atoms with Crippen LogP contribution in [0.3, 0.4) is 0 Å². The van der Waals surface area contributed by atoms with Gasteiger partial charge >= 0.3 is 0 Å². The smallest absolute Gasteiger partial charge is 0.276 e. The number of nitrogen functional groups attached to an aromatic ring is 1. The van der Waals surface area contributed by atoms with E-state index in [1.54, 1.807) is 18.2 Å². The molecular formula is C13H17N5O. The molecule has 0 aliphatic carbocycles. The molecule has 2 heterocycles. The molecule has 0 unspecified atom stereocenters. The average Bonchev–Trinajstić information content (AvgIpc) is 2.81. The maximum atomic E-state index is 12.0. The molecule has 0 bridgehead atoms. The first-order valence-corrected chi connectivity index (χ1v) is 5.95. The topological polar surface area (TPSA) is 96.7 Å². The third kappa shape index (κ3) is 3.09. The lowest BCUT2D eigenvalue weighted by atomic mass is 9.92. The fraction of sp³-hybridized carbons (Fsp3) is 0.308. The lowest BCUT2D eigenvalue weighted by molar-refractivity contribution is 0.102. The second kappa shape index (κ2) is 4.72. The largest absolute Gasteiger partial charge is 0.384 e. The molecule has 0 saturated carbocycles. The van der Waals surface area contributed by atoms with Crippen LogP contribution in [0.2, 0.25) is 0 Å². The predicted molar refractivity (Wildman–Crippen MR) is 73.9 cm³/mol. The molecule has 0 aliphatic heterocycles. The van der Waals surface area contributed by atoms with E-state index in [9.17, 15) is 4.79 Å². The molecule has 0 spiro atoms. The molecule has 2 aromatic heterocycles. The van der Waals surface area contributed by atoms with Crippen molar-refractivity contribution in [2.45, 2.75) is 26.2 Å². The standard InChI is InChI=1S/C13H17N5O/c1-13(2,3)10-6-9(17-18-10)12(19)16-8-4-5-11(14)15-7-8/h4-7H,1-3H3,(H2,14,15)(H,16,19)(H,17,18). The Hall–Kier alpha value is -2.37. The predicted octanol–water partition coefficient (Wildman–Crippen LogP) is 1.94. The molecule has 100 valence electrons. The minimum Gasteiger partial charge on any atom is -0.384 e. The van der Waals surface area contributed by atoms with E-state index in [2.05, 4.69) is 20.5 Å². The summed E-state index contributed by atoms with van der Waals surface area (Å²) in [5, 5.41) is 9.60. The van der Waals surface area contributed by atoms with Gasteiger partial charge in [0.15, 0.2) is 5.69 Å². The Morgan fingerprint density at radius 3 is 2.63 bits per heavy atom. The van der Waals surface area contributed by atoms with Crippen LogP contribution >= 0.6 is 0 Å². The molecule has 0 fully saturated rings. The van der Waals surface area contributed by atoms with E-state index in [0.717, 1.165) is 5.69 Å². The van der Waals surface area contributed by atoms with E-state index < -0.39 is 0 Å². The first-order chi connectivity index (χ1) is 8.86. The molecule has 0 radical (unpaired) electrons. The van der Waals surface area contributed by atoms with Crippen LogP contribution in [0.25, 0.3) is 0 Å². The normalized spacial score (nSPS) is 11.3. The highest BCUT2D eigenvalue weighted by Crippen LogP contribution is 2.20. The zero-order valence-electron chi connectivity index (χ0n) is 11.2. The Morgan fingerprint density at radius 2 is 2.11 bits per heavy atom. The number of amides is 1. The molecule has 0 aromatic carbocycles. The van der Waals surface area contributed by atoms with Crippen LogP contribution in [0.1, 0.15) is 37.0 Å². The highest BCUT2D eigenvalue weighted by Gasteiger charge is 2.19. The van der Waals surface area contributed by atoms with Gasteiger partial charge in [-0.3, -0.25) is 9.89 Å². The summed E-state index contributed by atoms with van der Waals surface area (Å²) >= 11 is 0. The zero-order valence-corrected chi connectivity index (χ0v) is 11.2. The van der Waals surface area contributed by atoms with E-state index in [4.69, 9.17) is 5.73 Å².